The molecule has 20 heavy (non-hydrogen) atoms. The van der Waals surface area contributed by atoms with Crippen LogP contribution in [0.4, 0.5) is 4.79 Å². The zero-order valence-electron chi connectivity index (χ0n) is 13.0. The minimum atomic E-state index is -0.484. The largest absolute Gasteiger partial charge is 0.444 e. The topological polar surface area (TPSA) is 56.2 Å². The van der Waals surface area contributed by atoms with Crippen LogP contribution < -0.4 is 5.32 Å². The molecule has 0 aliphatic rings. The first kappa shape index (κ1) is 16.9. The molecule has 1 rings (SSSR count). The first-order valence-corrected chi connectivity index (χ1v) is 8.21. The number of nitrogens with one attached hydrogen (secondary N) is 1. The van der Waals surface area contributed by atoms with Crippen molar-refractivity contribution in [1.82, 2.24) is 14.9 Å². The van der Waals surface area contributed by atoms with Gasteiger partial charge in [-0.1, -0.05) is 0 Å². The lowest BCUT2D eigenvalue weighted by atomic mass is 10.2. The maximum absolute atomic E-state index is 11.8. The monoisotopic (exact) mass is 299 g/mol. The molecule has 1 N–H and O–H groups in total. The number of aromatic nitrogens is 2. The van der Waals surface area contributed by atoms with Crippen LogP contribution in [0, 0.1) is 0 Å². The summed E-state index contributed by atoms with van der Waals surface area (Å²) in [6.07, 6.45) is 6.39. The van der Waals surface area contributed by atoms with E-state index >= 15 is 0 Å². The molecule has 114 valence electrons. The minimum absolute atomic E-state index is 0.123. The molecule has 6 heteroatoms. The normalized spacial score (nSPS) is 13.1. The van der Waals surface area contributed by atoms with Gasteiger partial charge in [-0.15, -0.1) is 0 Å². The van der Waals surface area contributed by atoms with E-state index in [9.17, 15) is 4.79 Å². The number of carbonyl (C=O) groups is 1. The summed E-state index contributed by atoms with van der Waals surface area (Å²) in [7, 11) is 0. The van der Waals surface area contributed by atoms with Crippen molar-refractivity contribution >= 4 is 17.9 Å². The summed E-state index contributed by atoms with van der Waals surface area (Å²) in [5.41, 5.74) is 0.513. The number of hydrogen-bond donors (Lipinski definition) is 1. The van der Waals surface area contributed by atoms with Gasteiger partial charge in [-0.25, -0.2) is 9.78 Å². The SMILES string of the molecule is CSCCCn1cncc1C(C)NC(=O)OC(C)(C)C. The second-order valence-electron chi connectivity index (χ2n) is 5.73. The summed E-state index contributed by atoms with van der Waals surface area (Å²) in [6, 6.07) is -0.123. The van der Waals surface area contributed by atoms with Crippen LogP contribution in [0.2, 0.25) is 0 Å². The van der Waals surface area contributed by atoms with Crippen molar-refractivity contribution in [2.24, 2.45) is 0 Å². The molecule has 1 amide bonds. The van der Waals surface area contributed by atoms with Gasteiger partial charge in [-0.3, -0.25) is 0 Å². The van der Waals surface area contributed by atoms with Crippen molar-refractivity contribution in [3.05, 3.63) is 18.2 Å². The molecule has 0 spiro atoms. The maximum Gasteiger partial charge on any atom is 0.408 e. The fourth-order valence-electron chi connectivity index (χ4n) is 1.82. The average molecular weight is 299 g/mol. The van der Waals surface area contributed by atoms with Crippen LogP contribution in [0.5, 0.6) is 0 Å². The molecule has 1 atom stereocenters. The number of amides is 1. The van der Waals surface area contributed by atoms with Gasteiger partial charge in [-0.05, 0) is 46.1 Å². The smallest absolute Gasteiger partial charge is 0.408 e. The highest BCUT2D eigenvalue weighted by molar-refractivity contribution is 7.98. The van der Waals surface area contributed by atoms with E-state index < -0.39 is 11.7 Å². The molecule has 0 aliphatic carbocycles. The van der Waals surface area contributed by atoms with Gasteiger partial charge in [0.15, 0.2) is 0 Å². The molecule has 0 aliphatic heterocycles. The van der Waals surface area contributed by atoms with Gasteiger partial charge in [0.05, 0.1) is 24.3 Å². The summed E-state index contributed by atoms with van der Waals surface area (Å²) in [6.45, 7) is 8.40. The molecule has 0 bridgehead atoms. The zero-order chi connectivity index (χ0) is 15.2. The summed E-state index contributed by atoms with van der Waals surface area (Å²) in [5.74, 6) is 1.12. The van der Waals surface area contributed by atoms with Gasteiger partial charge in [0.1, 0.15) is 5.60 Å². The number of thioether (sulfide) groups is 1. The quantitative estimate of drug-likeness (QED) is 0.819. The van der Waals surface area contributed by atoms with Crippen LogP contribution in [0.3, 0.4) is 0 Å². The Hall–Kier alpha value is -1.17. The molecule has 1 aromatic rings. The Morgan fingerprint density at radius 3 is 2.85 bits per heavy atom. The third-order valence-corrected chi connectivity index (χ3v) is 3.37. The first-order chi connectivity index (χ1) is 9.33. The molecule has 0 fully saturated rings. The number of rotatable bonds is 6. The molecule has 0 saturated heterocycles. The molecule has 1 heterocycles. The van der Waals surface area contributed by atoms with E-state index in [1.165, 1.54) is 0 Å². The van der Waals surface area contributed by atoms with Crippen molar-refractivity contribution in [1.29, 1.82) is 0 Å². The van der Waals surface area contributed by atoms with E-state index in [2.05, 4.69) is 21.1 Å². The Balaban J connectivity index is 2.57. The number of imidazole rings is 1. The average Bonchev–Trinajstić information content (AvgIpc) is 2.75. The number of ether oxygens (including phenoxy) is 1. The van der Waals surface area contributed by atoms with Crippen LogP contribution in [-0.2, 0) is 11.3 Å². The van der Waals surface area contributed by atoms with Gasteiger partial charge >= 0.3 is 6.09 Å². The van der Waals surface area contributed by atoms with E-state index in [1.54, 1.807) is 6.20 Å². The Kier molecular flexibility index (Phi) is 6.39. The fourth-order valence-corrected chi connectivity index (χ4v) is 2.23. The third-order valence-electron chi connectivity index (χ3n) is 2.67. The Labute approximate surface area is 125 Å². The zero-order valence-corrected chi connectivity index (χ0v) is 13.8. The van der Waals surface area contributed by atoms with Crippen LogP contribution in [0.15, 0.2) is 12.5 Å². The van der Waals surface area contributed by atoms with Crippen LogP contribution >= 0.6 is 11.8 Å². The van der Waals surface area contributed by atoms with Crippen molar-refractivity contribution in [3.63, 3.8) is 0 Å². The molecule has 0 saturated carbocycles. The van der Waals surface area contributed by atoms with Crippen molar-refractivity contribution in [3.8, 4) is 0 Å². The van der Waals surface area contributed by atoms with Crippen molar-refractivity contribution < 1.29 is 9.53 Å². The molecule has 1 aromatic heterocycles. The maximum atomic E-state index is 11.8. The highest BCUT2D eigenvalue weighted by Crippen LogP contribution is 2.14. The minimum Gasteiger partial charge on any atom is -0.444 e. The van der Waals surface area contributed by atoms with Gasteiger partial charge in [0.25, 0.3) is 0 Å². The fraction of sp³-hybridized carbons (Fsp3) is 0.714. The van der Waals surface area contributed by atoms with Crippen molar-refractivity contribution in [2.75, 3.05) is 12.0 Å². The van der Waals surface area contributed by atoms with Gasteiger partial charge in [0.2, 0.25) is 0 Å². The lowest BCUT2D eigenvalue weighted by Crippen LogP contribution is -2.34. The van der Waals surface area contributed by atoms with E-state index in [0.717, 1.165) is 24.4 Å². The van der Waals surface area contributed by atoms with Crippen LogP contribution in [-0.4, -0.2) is 33.3 Å². The van der Waals surface area contributed by atoms with Crippen LogP contribution in [0.25, 0.3) is 0 Å². The second kappa shape index (κ2) is 7.57. The van der Waals surface area contributed by atoms with E-state index in [4.69, 9.17) is 4.74 Å². The highest BCUT2D eigenvalue weighted by Gasteiger charge is 2.19. The van der Waals surface area contributed by atoms with Crippen molar-refractivity contribution in [2.45, 2.75) is 52.3 Å². The number of alkyl carbamates (subject to hydrolysis) is 1. The summed E-state index contributed by atoms with van der Waals surface area (Å²) >= 11 is 1.83. The highest BCUT2D eigenvalue weighted by atomic mass is 32.2. The predicted octanol–water partition coefficient (Wildman–Crippen LogP) is 3.22. The molecule has 0 radical (unpaired) electrons. The standard InChI is InChI=1S/C14H25N3O2S/c1-11(16-13(18)19-14(2,3)4)12-9-15-10-17(12)7-6-8-20-5/h9-11H,6-8H2,1-5H3,(H,16,18). The van der Waals surface area contributed by atoms with E-state index in [-0.39, 0.29) is 6.04 Å². The molecule has 0 aromatic carbocycles. The second-order valence-corrected chi connectivity index (χ2v) is 6.71. The Morgan fingerprint density at radius 2 is 2.25 bits per heavy atom. The number of carbonyl (C=O) groups excluding carboxylic acids is 1. The molecular formula is C14H25N3O2S. The first-order valence-electron chi connectivity index (χ1n) is 6.82. The third kappa shape index (κ3) is 5.86. The van der Waals surface area contributed by atoms with Gasteiger partial charge < -0.3 is 14.6 Å². The van der Waals surface area contributed by atoms with Gasteiger partial charge in [-0.2, -0.15) is 11.8 Å². The number of hydrogen-bond acceptors (Lipinski definition) is 4. The van der Waals surface area contributed by atoms with E-state index in [0.29, 0.717) is 0 Å². The lowest BCUT2D eigenvalue weighted by molar-refractivity contribution is 0.0506. The number of nitrogens with zero attached hydrogens (tertiary/aromatic N) is 2. The number of aryl methyl sites for hydroxylation is 1. The predicted molar refractivity (Wildman–Crippen MR) is 83.0 cm³/mol. The Bertz CT molecular complexity index is 426. The molecule has 1 unspecified atom stereocenters. The lowest BCUT2D eigenvalue weighted by Gasteiger charge is -2.22. The van der Waals surface area contributed by atoms with E-state index in [1.807, 2.05) is 45.8 Å². The van der Waals surface area contributed by atoms with Crippen LogP contribution in [0.1, 0.15) is 45.9 Å². The van der Waals surface area contributed by atoms with Gasteiger partial charge in [0, 0.05) is 6.54 Å². The molecular weight excluding hydrogens is 274 g/mol. The summed E-state index contributed by atoms with van der Waals surface area (Å²) < 4.78 is 7.34. The molecule has 5 nitrogen and oxygen atoms in total. The summed E-state index contributed by atoms with van der Waals surface area (Å²) in [5, 5.41) is 2.84. The Morgan fingerprint density at radius 1 is 1.55 bits per heavy atom. The summed E-state index contributed by atoms with van der Waals surface area (Å²) in [4.78, 5) is 15.9.